The third-order valence-corrected chi connectivity index (χ3v) is 5.57. The van der Waals surface area contributed by atoms with E-state index in [4.69, 9.17) is 5.26 Å². The lowest BCUT2D eigenvalue weighted by molar-refractivity contribution is 0.388. The molecule has 1 rings (SSSR count). The van der Waals surface area contributed by atoms with E-state index in [0.29, 0.717) is 5.25 Å². The van der Waals surface area contributed by atoms with Gasteiger partial charge in [0, 0.05) is 21.8 Å². The molecule has 0 bridgehead atoms. The van der Waals surface area contributed by atoms with Gasteiger partial charge in [-0.3, -0.25) is 4.21 Å². The first-order chi connectivity index (χ1) is 7.94. The molecule has 1 saturated carbocycles. The molecule has 1 fully saturated rings. The highest BCUT2D eigenvalue weighted by Crippen LogP contribution is 2.28. The Morgan fingerprint density at radius 2 is 2.12 bits per heavy atom. The lowest BCUT2D eigenvalue weighted by atomic mass is 9.90. The van der Waals surface area contributed by atoms with Gasteiger partial charge in [0.1, 0.15) is 0 Å². The molecule has 0 aromatic heterocycles. The fourth-order valence-corrected chi connectivity index (χ4v) is 4.23. The maximum absolute atomic E-state index is 12.1. The summed E-state index contributed by atoms with van der Waals surface area (Å²) in [6.45, 7) is 6.18. The summed E-state index contributed by atoms with van der Waals surface area (Å²) in [5.41, 5.74) is -0.260. The van der Waals surface area contributed by atoms with Crippen molar-refractivity contribution in [2.75, 3.05) is 5.75 Å². The van der Waals surface area contributed by atoms with E-state index in [0.717, 1.165) is 37.4 Å². The van der Waals surface area contributed by atoms with E-state index in [-0.39, 0.29) is 5.41 Å². The molecule has 2 nitrogen and oxygen atoms in total. The van der Waals surface area contributed by atoms with Crippen LogP contribution in [0.25, 0.3) is 0 Å². The van der Waals surface area contributed by atoms with Gasteiger partial charge in [-0.2, -0.15) is 5.26 Å². The van der Waals surface area contributed by atoms with Gasteiger partial charge < -0.3 is 0 Å². The molecule has 0 spiro atoms. The lowest BCUT2D eigenvalue weighted by Crippen LogP contribution is -2.25. The van der Waals surface area contributed by atoms with Crippen LogP contribution in [0.3, 0.4) is 0 Å². The minimum Gasteiger partial charge on any atom is -0.259 e. The Morgan fingerprint density at radius 3 is 2.71 bits per heavy atom. The first-order valence-corrected chi connectivity index (χ1v) is 8.11. The van der Waals surface area contributed by atoms with Gasteiger partial charge in [-0.1, -0.05) is 19.8 Å². The van der Waals surface area contributed by atoms with E-state index in [9.17, 15) is 4.21 Å². The normalized spacial score (nSPS) is 27.4. The van der Waals surface area contributed by atoms with Gasteiger partial charge in [-0.15, -0.1) is 0 Å². The zero-order chi connectivity index (χ0) is 12.9. The van der Waals surface area contributed by atoms with Crippen molar-refractivity contribution in [1.82, 2.24) is 0 Å². The Labute approximate surface area is 108 Å². The molecule has 98 valence electrons. The smallest absolute Gasteiger partial charge is 0.0683 e. The zero-order valence-electron chi connectivity index (χ0n) is 11.4. The molecular weight excluding hydrogens is 230 g/mol. The summed E-state index contributed by atoms with van der Waals surface area (Å²) >= 11 is 0. The van der Waals surface area contributed by atoms with Gasteiger partial charge in [-0.05, 0) is 45.4 Å². The summed E-state index contributed by atoms with van der Waals surface area (Å²) in [7, 11) is -0.673. The van der Waals surface area contributed by atoms with Gasteiger partial charge in [0.25, 0.3) is 0 Å². The van der Waals surface area contributed by atoms with Crippen molar-refractivity contribution in [2.45, 2.75) is 64.5 Å². The molecule has 0 aromatic rings. The van der Waals surface area contributed by atoms with E-state index in [1.807, 2.05) is 13.8 Å². The summed E-state index contributed by atoms with van der Waals surface area (Å²) in [6.07, 6.45) is 6.58. The van der Waals surface area contributed by atoms with E-state index < -0.39 is 10.8 Å². The van der Waals surface area contributed by atoms with Gasteiger partial charge in [0.15, 0.2) is 0 Å². The Hall–Kier alpha value is -0.360. The van der Waals surface area contributed by atoms with Crippen LogP contribution in [-0.4, -0.2) is 15.2 Å². The number of rotatable bonds is 5. The van der Waals surface area contributed by atoms with Crippen molar-refractivity contribution in [1.29, 1.82) is 5.26 Å². The molecule has 0 radical (unpaired) electrons. The molecule has 3 unspecified atom stereocenters. The molecule has 3 heteroatoms. The van der Waals surface area contributed by atoms with Crippen molar-refractivity contribution < 1.29 is 4.21 Å². The van der Waals surface area contributed by atoms with E-state index in [1.165, 1.54) is 12.8 Å². The highest BCUT2D eigenvalue weighted by Gasteiger charge is 2.24. The molecule has 17 heavy (non-hydrogen) atoms. The highest BCUT2D eigenvalue weighted by atomic mass is 32.2. The summed E-state index contributed by atoms with van der Waals surface area (Å²) in [4.78, 5) is 0. The minimum atomic E-state index is -0.673. The van der Waals surface area contributed by atoms with Crippen LogP contribution in [0, 0.1) is 22.7 Å². The number of nitrogens with zero attached hydrogens (tertiary/aromatic N) is 1. The van der Waals surface area contributed by atoms with Crippen molar-refractivity contribution in [3.05, 3.63) is 0 Å². The fraction of sp³-hybridized carbons (Fsp3) is 0.929. The predicted octanol–water partition coefficient (Wildman–Crippen LogP) is 3.64. The average molecular weight is 255 g/mol. The van der Waals surface area contributed by atoms with E-state index >= 15 is 0 Å². The Morgan fingerprint density at radius 1 is 1.41 bits per heavy atom. The topological polar surface area (TPSA) is 40.9 Å². The number of nitriles is 1. The van der Waals surface area contributed by atoms with Crippen LogP contribution in [-0.2, 0) is 10.8 Å². The Kier molecular flexibility index (Phi) is 5.66. The number of hydrogen-bond donors (Lipinski definition) is 0. The standard InChI is InChI=1S/C14H25NOS/c1-12-6-4-7-13(10-12)17(16)9-5-8-14(2,3)11-15/h12-13H,4-10H2,1-3H3. The third kappa shape index (κ3) is 5.21. The summed E-state index contributed by atoms with van der Waals surface area (Å²) in [5.74, 6) is 1.52. The van der Waals surface area contributed by atoms with Crippen LogP contribution in [0.2, 0.25) is 0 Å². The molecule has 0 amide bonds. The van der Waals surface area contributed by atoms with Crippen molar-refractivity contribution in [3.8, 4) is 6.07 Å². The largest absolute Gasteiger partial charge is 0.259 e. The number of hydrogen-bond acceptors (Lipinski definition) is 2. The molecule has 0 aromatic carbocycles. The summed E-state index contributed by atoms with van der Waals surface area (Å²) in [6, 6.07) is 2.30. The second kappa shape index (κ2) is 6.54. The summed E-state index contributed by atoms with van der Waals surface area (Å²) in [5, 5.41) is 9.34. The van der Waals surface area contributed by atoms with Gasteiger partial charge in [0.2, 0.25) is 0 Å². The highest BCUT2D eigenvalue weighted by molar-refractivity contribution is 7.85. The van der Waals surface area contributed by atoms with Crippen molar-refractivity contribution in [2.24, 2.45) is 11.3 Å². The zero-order valence-corrected chi connectivity index (χ0v) is 12.2. The van der Waals surface area contributed by atoms with Crippen molar-refractivity contribution in [3.63, 3.8) is 0 Å². The van der Waals surface area contributed by atoms with Gasteiger partial charge >= 0.3 is 0 Å². The summed E-state index contributed by atoms with van der Waals surface area (Å²) < 4.78 is 12.1. The van der Waals surface area contributed by atoms with Crippen molar-refractivity contribution >= 4 is 10.8 Å². The van der Waals surface area contributed by atoms with Crippen LogP contribution in [0.5, 0.6) is 0 Å². The van der Waals surface area contributed by atoms with Gasteiger partial charge in [-0.25, -0.2) is 0 Å². The molecule has 1 aliphatic rings. The second-order valence-corrected chi connectivity index (χ2v) is 7.91. The van der Waals surface area contributed by atoms with Crippen LogP contribution < -0.4 is 0 Å². The molecule has 0 aliphatic heterocycles. The van der Waals surface area contributed by atoms with Crippen LogP contribution in [0.1, 0.15) is 59.3 Å². The fourth-order valence-electron chi connectivity index (χ4n) is 2.50. The SMILES string of the molecule is CC1CCCC(S(=O)CCCC(C)(C)C#N)C1. The molecule has 0 saturated heterocycles. The van der Waals surface area contributed by atoms with Crippen LogP contribution in [0.4, 0.5) is 0 Å². The molecule has 0 heterocycles. The first kappa shape index (κ1) is 14.7. The quantitative estimate of drug-likeness (QED) is 0.752. The average Bonchev–Trinajstić information content (AvgIpc) is 2.28. The van der Waals surface area contributed by atoms with E-state index in [1.54, 1.807) is 0 Å². The van der Waals surface area contributed by atoms with Crippen LogP contribution >= 0.6 is 0 Å². The minimum absolute atomic E-state index is 0.260. The maximum atomic E-state index is 12.1. The predicted molar refractivity (Wildman–Crippen MR) is 73.1 cm³/mol. The molecular formula is C14H25NOS. The second-order valence-electron chi connectivity index (χ2n) is 6.08. The lowest BCUT2D eigenvalue weighted by Gasteiger charge is -2.26. The third-order valence-electron chi connectivity index (χ3n) is 3.71. The Balaban J connectivity index is 2.28. The monoisotopic (exact) mass is 255 g/mol. The van der Waals surface area contributed by atoms with Gasteiger partial charge in [0.05, 0.1) is 11.5 Å². The van der Waals surface area contributed by atoms with E-state index in [2.05, 4.69) is 13.0 Å². The maximum Gasteiger partial charge on any atom is 0.0683 e. The Bertz CT molecular complexity index is 306. The molecule has 3 atom stereocenters. The molecule has 0 N–H and O–H groups in total. The van der Waals surface area contributed by atoms with Crippen LogP contribution in [0.15, 0.2) is 0 Å². The molecule has 1 aliphatic carbocycles. The first-order valence-electron chi connectivity index (χ1n) is 6.73.